The summed E-state index contributed by atoms with van der Waals surface area (Å²) in [4.78, 5) is 7.40. The summed E-state index contributed by atoms with van der Waals surface area (Å²) in [5.41, 5.74) is 3.45. The molecule has 5 heteroatoms. The van der Waals surface area contributed by atoms with Crippen LogP contribution in [-0.2, 0) is 6.54 Å². The highest BCUT2D eigenvalue weighted by Crippen LogP contribution is 2.23. The van der Waals surface area contributed by atoms with Crippen LogP contribution in [0.2, 0.25) is 0 Å². The number of halogens is 1. The van der Waals surface area contributed by atoms with Gasteiger partial charge < -0.3 is 10.3 Å². The molecule has 2 heterocycles. The highest BCUT2D eigenvalue weighted by atomic mass is 79.9. The van der Waals surface area contributed by atoms with Crippen LogP contribution in [0.3, 0.4) is 0 Å². The molecule has 98 valence electrons. The fourth-order valence-corrected chi connectivity index (χ4v) is 2.47. The molecule has 20 heavy (non-hydrogen) atoms. The molecule has 4 nitrogen and oxygen atoms in total. The quantitative estimate of drug-likeness (QED) is 0.769. The van der Waals surface area contributed by atoms with Crippen molar-refractivity contribution in [3.63, 3.8) is 0 Å². The molecule has 3 aromatic rings. The Morgan fingerprint density at radius 1 is 1.35 bits per heavy atom. The van der Waals surface area contributed by atoms with E-state index < -0.39 is 0 Å². The molecule has 1 aromatic carbocycles. The zero-order chi connectivity index (χ0) is 13.9. The maximum absolute atomic E-state index is 9.12. The summed E-state index contributed by atoms with van der Waals surface area (Å²) >= 11 is 3.42. The smallest absolute Gasteiger partial charge is 0.137 e. The van der Waals surface area contributed by atoms with E-state index in [4.69, 9.17) is 5.26 Å². The highest BCUT2D eigenvalue weighted by molar-refractivity contribution is 9.10. The van der Waals surface area contributed by atoms with E-state index in [1.165, 1.54) is 0 Å². The number of aromatic amines is 1. The van der Waals surface area contributed by atoms with Crippen molar-refractivity contribution in [1.82, 2.24) is 9.97 Å². The SMILES string of the molecule is N#Cc1ccc(Br)cc1NCc1c[nH]c2ncccc12. The summed E-state index contributed by atoms with van der Waals surface area (Å²) in [7, 11) is 0. The molecule has 0 aliphatic carbocycles. The van der Waals surface area contributed by atoms with Gasteiger partial charge in [-0.3, -0.25) is 0 Å². The molecule has 2 aromatic heterocycles. The summed E-state index contributed by atoms with van der Waals surface area (Å²) in [6, 6.07) is 11.7. The van der Waals surface area contributed by atoms with Gasteiger partial charge in [-0.1, -0.05) is 15.9 Å². The molecular formula is C15H11BrN4. The first-order valence-electron chi connectivity index (χ1n) is 6.12. The number of rotatable bonds is 3. The van der Waals surface area contributed by atoms with E-state index in [2.05, 4.69) is 37.3 Å². The Morgan fingerprint density at radius 3 is 3.10 bits per heavy atom. The summed E-state index contributed by atoms with van der Waals surface area (Å²) in [6.07, 6.45) is 3.70. The number of benzene rings is 1. The zero-order valence-electron chi connectivity index (χ0n) is 10.5. The molecule has 0 atom stereocenters. The van der Waals surface area contributed by atoms with Crippen LogP contribution in [0, 0.1) is 11.3 Å². The predicted molar refractivity (Wildman–Crippen MR) is 82.3 cm³/mol. The topological polar surface area (TPSA) is 64.5 Å². The van der Waals surface area contributed by atoms with Crippen LogP contribution in [0.5, 0.6) is 0 Å². The molecule has 0 aliphatic heterocycles. The lowest BCUT2D eigenvalue weighted by Crippen LogP contribution is -2.00. The van der Waals surface area contributed by atoms with Gasteiger partial charge in [0.25, 0.3) is 0 Å². The van der Waals surface area contributed by atoms with Crippen molar-refractivity contribution in [2.24, 2.45) is 0 Å². The van der Waals surface area contributed by atoms with E-state index in [1.807, 2.05) is 30.5 Å². The molecule has 0 bridgehead atoms. The molecule has 0 saturated heterocycles. The molecule has 0 saturated carbocycles. The number of hydrogen-bond acceptors (Lipinski definition) is 3. The largest absolute Gasteiger partial charge is 0.380 e. The predicted octanol–water partition coefficient (Wildman–Crippen LogP) is 3.81. The first-order chi connectivity index (χ1) is 9.78. The standard InChI is InChI=1S/C15H11BrN4/c16-12-4-3-10(7-17)14(6-12)19-8-11-9-20-15-13(11)2-1-5-18-15/h1-6,9,19H,8H2,(H,18,20). The first-order valence-corrected chi connectivity index (χ1v) is 6.92. The van der Waals surface area contributed by atoms with Crippen LogP contribution < -0.4 is 5.32 Å². The third-order valence-corrected chi connectivity index (χ3v) is 3.60. The Hall–Kier alpha value is -2.32. The Balaban J connectivity index is 1.87. The second kappa shape index (κ2) is 5.35. The van der Waals surface area contributed by atoms with E-state index in [0.717, 1.165) is 26.8 Å². The Labute approximate surface area is 124 Å². The summed E-state index contributed by atoms with van der Waals surface area (Å²) in [6.45, 7) is 0.636. The number of H-pyrrole nitrogens is 1. The van der Waals surface area contributed by atoms with Gasteiger partial charge in [0.2, 0.25) is 0 Å². The number of pyridine rings is 1. The monoisotopic (exact) mass is 326 g/mol. The van der Waals surface area contributed by atoms with Crippen LogP contribution in [0.15, 0.2) is 47.2 Å². The molecule has 3 rings (SSSR count). The van der Waals surface area contributed by atoms with Crippen molar-refractivity contribution >= 4 is 32.7 Å². The Bertz CT molecular complexity index is 801. The lowest BCUT2D eigenvalue weighted by molar-refractivity contribution is 1.16. The molecule has 0 unspecified atom stereocenters. The van der Waals surface area contributed by atoms with Crippen molar-refractivity contribution < 1.29 is 0 Å². The number of anilines is 1. The fraction of sp³-hybridized carbons (Fsp3) is 0.0667. The van der Waals surface area contributed by atoms with E-state index in [-0.39, 0.29) is 0 Å². The third kappa shape index (κ3) is 2.38. The van der Waals surface area contributed by atoms with Crippen LogP contribution >= 0.6 is 15.9 Å². The van der Waals surface area contributed by atoms with Gasteiger partial charge in [0.05, 0.1) is 11.3 Å². The van der Waals surface area contributed by atoms with Gasteiger partial charge in [-0.25, -0.2) is 4.98 Å². The van der Waals surface area contributed by atoms with E-state index in [9.17, 15) is 0 Å². The minimum absolute atomic E-state index is 0.631. The average Bonchev–Trinajstić information content (AvgIpc) is 2.88. The fourth-order valence-electron chi connectivity index (χ4n) is 2.11. The molecule has 0 radical (unpaired) electrons. The van der Waals surface area contributed by atoms with Crippen LogP contribution in [0.1, 0.15) is 11.1 Å². The average molecular weight is 327 g/mol. The van der Waals surface area contributed by atoms with Crippen molar-refractivity contribution in [2.75, 3.05) is 5.32 Å². The summed E-state index contributed by atoms with van der Waals surface area (Å²) < 4.78 is 0.944. The first kappa shape index (κ1) is 12.7. The molecule has 0 spiro atoms. The van der Waals surface area contributed by atoms with Gasteiger partial charge in [0.1, 0.15) is 11.7 Å². The van der Waals surface area contributed by atoms with Gasteiger partial charge in [-0.05, 0) is 35.9 Å². The third-order valence-electron chi connectivity index (χ3n) is 3.11. The van der Waals surface area contributed by atoms with Crippen molar-refractivity contribution in [2.45, 2.75) is 6.54 Å². The van der Waals surface area contributed by atoms with Crippen LogP contribution in [0.4, 0.5) is 5.69 Å². The van der Waals surface area contributed by atoms with Crippen molar-refractivity contribution in [3.8, 4) is 6.07 Å². The summed E-state index contributed by atoms with van der Waals surface area (Å²) in [5, 5.41) is 13.5. The number of aromatic nitrogens is 2. The number of nitriles is 1. The number of nitrogens with one attached hydrogen (secondary N) is 2. The van der Waals surface area contributed by atoms with Gasteiger partial charge in [-0.15, -0.1) is 0 Å². The van der Waals surface area contributed by atoms with Crippen LogP contribution in [0.25, 0.3) is 11.0 Å². The lowest BCUT2D eigenvalue weighted by atomic mass is 10.1. The normalized spacial score (nSPS) is 10.4. The van der Waals surface area contributed by atoms with Gasteiger partial charge in [-0.2, -0.15) is 5.26 Å². The van der Waals surface area contributed by atoms with Gasteiger partial charge >= 0.3 is 0 Å². The molecule has 0 amide bonds. The highest BCUT2D eigenvalue weighted by Gasteiger charge is 2.06. The van der Waals surface area contributed by atoms with Crippen molar-refractivity contribution in [1.29, 1.82) is 5.26 Å². The minimum Gasteiger partial charge on any atom is -0.380 e. The van der Waals surface area contributed by atoms with Crippen molar-refractivity contribution in [3.05, 3.63) is 58.3 Å². The molecule has 2 N–H and O–H groups in total. The second-order valence-corrected chi connectivity index (χ2v) is 5.28. The Kier molecular flexibility index (Phi) is 3.40. The van der Waals surface area contributed by atoms with E-state index in [0.29, 0.717) is 12.1 Å². The van der Waals surface area contributed by atoms with Gasteiger partial charge in [0.15, 0.2) is 0 Å². The lowest BCUT2D eigenvalue weighted by Gasteiger charge is -2.08. The number of fused-ring (bicyclic) bond motifs is 1. The van der Waals surface area contributed by atoms with E-state index >= 15 is 0 Å². The second-order valence-electron chi connectivity index (χ2n) is 4.37. The number of nitrogens with zero attached hydrogens (tertiary/aromatic N) is 2. The van der Waals surface area contributed by atoms with Crippen LogP contribution in [-0.4, -0.2) is 9.97 Å². The summed E-state index contributed by atoms with van der Waals surface area (Å²) in [5.74, 6) is 0. The molecule has 0 fully saturated rings. The molecule has 0 aliphatic rings. The maximum Gasteiger partial charge on any atom is 0.137 e. The molecular weight excluding hydrogens is 316 g/mol. The zero-order valence-corrected chi connectivity index (χ0v) is 12.1. The minimum atomic E-state index is 0.631. The van der Waals surface area contributed by atoms with E-state index in [1.54, 1.807) is 12.3 Å². The number of hydrogen-bond donors (Lipinski definition) is 2. The van der Waals surface area contributed by atoms with Gasteiger partial charge in [0, 0.05) is 28.8 Å². The Morgan fingerprint density at radius 2 is 2.25 bits per heavy atom. The maximum atomic E-state index is 9.12.